The molecule has 2 N–H and O–H groups in total. The van der Waals surface area contributed by atoms with Crippen LogP contribution < -0.4 is 10.6 Å². The second kappa shape index (κ2) is 9.65. The Morgan fingerprint density at radius 2 is 2.04 bits per heavy atom. The molecule has 1 aliphatic rings. The van der Waals surface area contributed by atoms with Crippen molar-refractivity contribution in [2.75, 3.05) is 38.1 Å². The maximum absolute atomic E-state index is 12.0. The molecule has 0 unspecified atom stereocenters. The largest absolute Gasteiger partial charge is 0.368 e. The van der Waals surface area contributed by atoms with Gasteiger partial charge in [-0.1, -0.05) is 26.0 Å². The molecule has 1 aliphatic heterocycles. The molecule has 2 rings (SSSR count). The highest BCUT2D eigenvalue weighted by Gasteiger charge is 2.15. The lowest BCUT2D eigenvalue weighted by Crippen LogP contribution is -2.34. The molecular formula is C18H29N3O2. The van der Waals surface area contributed by atoms with E-state index in [1.54, 1.807) is 0 Å². The number of rotatable bonds is 8. The van der Waals surface area contributed by atoms with Crippen LogP contribution in [-0.2, 0) is 16.1 Å². The summed E-state index contributed by atoms with van der Waals surface area (Å²) in [4.78, 5) is 14.4. The van der Waals surface area contributed by atoms with Crippen molar-refractivity contribution < 1.29 is 9.53 Å². The molecule has 1 saturated heterocycles. The van der Waals surface area contributed by atoms with Gasteiger partial charge in [-0.2, -0.15) is 0 Å². The number of benzene rings is 1. The zero-order valence-electron chi connectivity index (χ0n) is 14.3. The van der Waals surface area contributed by atoms with Gasteiger partial charge < -0.3 is 15.4 Å². The van der Waals surface area contributed by atoms with Gasteiger partial charge in [0.15, 0.2) is 0 Å². The van der Waals surface area contributed by atoms with Gasteiger partial charge in [0.05, 0.1) is 6.10 Å². The average molecular weight is 319 g/mol. The predicted octanol–water partition coefficient (Wildman–Crippen LogP) is 2.24. The quantitative estimate of drug-likeness (QED) is 0.771. The number of hydrogen-bond donors (Lipinski definition) is 2. The summed E-state index contributed by atoms with van der Waals surface area (Å²) in [5.74, 6) is -0.0801. The maximum atomic E-state index is 12.0. The number of piperidine rings is 1. The van der Waals surface area contributed by atoms with E-state index in [9.17, 15) is 4.79 Å². The lowest BCUT2D eigenvalue weighted by molar-refractivity contribution is -0.123. The Bertz CT molecular complexity index is 483. The van der Waals surface area contributed by atoms with Gasteiger partial charge in [0.25, 0.3) is 0 Å². The van der Waals surface area contributed by atoms with E-state index in [2.05, 4.69) is 35.4 Å². The summed E-state index contributed by atoms with van der Waals surface area (Å²) in [5.41, 5.74) is 2.05. The molecule has 0 aromatic heterocycles. The number of carbonyl (C=O) groups is 1. The van der Waals surface area contributed by atoms with E-state index < -0.39 is 0 Å². The Hall–Kier alpha value is -1.43. The summed E-state index contributed by atoms with van der Waals surface area (Å²) in [6.07, 6.45) is 2.16. The summed E-state index contributed by atoms with van der Waals surface area (Å²) >= 11 is 0. The smallest absolute Gasteiger partial charge is 0.250 e. The van der Waals surface area contributed by atoms with Crippen molar-refractivity contribution in [3.63, 3.8) is 0 Å². The van der Waals surface area contributed by atoms with Crippen molar-refractivity contribution in [1.82, 2.24) is 10.2 Å². The molecule has 1 amide bonds. The van der Waals surface area contributed by atoms with Crippen LogP contribution in [0.2, 0.25) is 0 Å². The fourth-order valence-electron chi connectivity index (χ4n) is 2.81. The molecule has 1 aromatic rings. The molecular weight excluding hydrogens is 290 g/mol. The SMILES string of the molecule is CCN(CC)Cc1cccc(NC(=O)COC2CCNCC2)c1. The van der Waals surface area contributed by atoms with Gasteiger partial charge in [0.1, 0.15) is 6.61 Å². The Morgan fingerprint density at radius 1 is 1.30 bits per heavy atom. The summed E-state index contributed by atoms with van der Waals surface area (Å²) in [6.45, 7) is 9.35. The molecule has 0 saturated carbocycles. The van der Waals surface area contributed by atoms with E-state index >= 15 is 0 Å². The Kier molecular flexibility index (Phi) is 7.52. The summed E-state index contributed by atoms with van der Waals surface area (Å²) in [7, 11) is 0. The van der Waals surface area contributed by atoms with Crippen molar-refractivity contribution in [2.45, 2.75) is 39.3 Å². The highest BCUT2D eigenvalue weighted by Crippen LogP contribution is 2.13. The standard InChI is InChI=1S/C18H29N3O2/c1-3-21(4-2)13-15-6-5-7-16(12-15)20-18(22)14-23-17-8-10-19-11-9-17/h5-7,12,17,19H,3-4,8-11,13-14H2,1-2H3,(H,20,22). The number of amides is 1. The van der Waals surface area contributed by atoms with Crippen LogP contribution in [0, 0.1) is 0 Å². The summed E-state index contributed by atoms with van der Waals surface area (Å²) < 4.78 is 5.69. The normalized spacial score (nSPS) is 15.8. The fraction of sp³-hybridized carbons (Fsp3) is 0.611. The molecule has 1 heterocycles. The molecule has 128 valence electrons. The summed E-state index contributed by atoms with van der Waals surface area (Å²) in [6, 6.07) is 8.05. The fourth-order valence-corrected chi connectivity index (χ4v) is 2.81. The topological polar surface area (TPSA) is 53.6 Å². The molecule has 0 aliphatic carbocycles. The lowest BCUT2D eigenvalue weighted by Gasteiger charge is -2.22. The van der Waals surface area contributed by atoms with E-state index in [0.29, 0.717) is 0 Å². The molecule has 0 spiro atoms. The summed E-state index contributed by atoms with van der Waals surface area (Å²) in [5, 5.41) is 6.22. The van der Waals surface area contributed by atoms with Crippen LogP contribution in [0.3, 0.4) is 0 Å². The molecule has 1 fully saturated rings. The predicted molar refractivity (Wildman–Crippen MR) is 93.5 cm³/mol. The molecule has 0 radical (unpaired) electrons. The zero-order chi connectivity index (χ0) is 16.5. The number of hydrogen-bond acceptors (Lipinski definition) is 4. The molecule has 5 heteroatoms. The van der Waals surface area contributed by atoms with Crippen LogP contribution in [0.15, 0.2) is 24.3 Å². The van der Waals surface area contributed by atoms with Crippen LogP contribution >= 0.6 is 0 Å². The van der Waals surface area contributed by atoms with Gasteiger partial charge in [0, 0.05) is 12.2 Å². The minimum atomic E-state index is -0.0801. The minimum Gasteiger partial charge on any atom is -0.368 e. The van der Waals surface area contributed by atoms with Crippen LogP contribution in [0.25, 0.3) is 0 Å². The molecule has 0 bridgehead atoms. The van der Waals surface area contributed by atoms with Crippen molar-refractivity contribution in [1.29, 1.82) is 0 Å². The van der Waals surface area contributed by atoms with Gasteiger partial charge in [-0.25, -0.2) is 0 Å². The minimum absolute atomic E-state index is 0.0801. The van der Waals surface area contributed by atoms with Crippen molar-refractivity contribution >= 4 is 11.6 Å². The van der Waals surface area contributed by atoms with E-state index in [0.717, 1.165) is 51.3 Å². The van der Waals surface area contributed by atoms with Crippen molar-refractivity contribution in [3.8, 4) is 0 Å². The number of ether oxygens (including phenoxy) is 1. The monoisotopic (exact) mass is 319 g/mol. The Balaban J connectivity index is 1.80. The molecule has 0 atom stereocenters. The number of anilines is 1. The van der Waals surface area contributed by atoms with E-state index in [4.69, 9.17) is 4.74 Å². The zero-order valence-corrected chi connectivity index (χ0v) is 14.3. The number of nitrogens with zero attached hydrogens (tertiary/aromatic N) is 1. The van der Waals surface area contributed by atoms with Gasteiger partial charge in [-0.3, -0.25) is 9.69 Å². The third-order valence-corrected chi connectivity index (χ3v) is 4.25. The first-order valence-electron chi connectivity index (χ1n) is 8.64. The van der Waals surface area contributed by atoms with E-state index in [1.165, 1.54) is 5.56 Å². The van der Waals surface area contributed by atoms with Gasteiger partial charge in [-0.05, 0) is 56.7 Å². The second-order valence-electron chi connectivity index (χ2n) is 5.97. The Labute approximate surface area is 139 Å². The van der Waals surface area contributed by atoms with E-state index in [1.807, 2.05) is 18.2 Å². The first-order valence-corrected chi connectivity index (χ1v) is 8.64. The first kappa shape index (κ1) is 17.9. The number of nitrogens with one attached hydrogen (secondary N) is 2. The van der Waals surface area contributed by atoms with Crippen LogP contribution in [0.5, 0.6) is 0 Å². The van der Waals surface area contributed by atoms with E-state index in [-0.39, 0.29) is 18.6 Å². The van der Waals surface area contributed by atoms with Gasteiger partial charge in [-0.15, -0.1) is 0 Å². The third kappa shape index (κ3) is 6.29. The van der Waals surface area contributed by atoms with Crippen LogP contribution in [0.4, 0.5) is 5.69 Å². The van der Waals surface area contributed by atoms with Crippen molar-refractivity contribution in [2.24, 2.45) is 0 Å². The molecule has 5 nitrogen and oxygen atoms in total. The first-order chi connectivity index (χ1) is 11.2. The van der Waals surface area contributed by atoms with Crippen LogP contribution in [-0.4, -0.2) is 49.7 Å². The maximum Gasteiger partial charge on any atom is 0.250 e. The second-order valence-corrected chi connectivity index (χ2v) is 5.97. The average Bonchev–Trinajstić information content (AvgIpc) is 2.59. The van der Waals surface area contributed by atoms with Gasteiger partial charge >= 0.3 is 0 Å². The Morgan fingerprint density at radius 3 is 2.74 bits per heavy atom. The van der Waals surface area contributed by atoms with Crippen LogP contribution in [0.1, 0.15) is 32.3 Å². The van der Waals surface area contributed by atoms with Gasteiger partial charge in [0.2, 0.25) is 5.91 Å². The molecule has 23 heavy (non-hydrogen) atoms. The third-order valence-electron chi connectivity index (χ3n) is 4.25. The lowest BCUT2D eigenvalue weighted by atomic mass is 10.1. The van der Waals surface area contributed by atoms with Crippen molar-refractivity contribution in [3.05, 3.63) is 29.8 Å². The highest BCUT2D eigenvalue weighted by atomic mass is 16.5. The highest BCUT2D eigenvalue weighted by molar-refractivity contribution is 5.91. The molecule has 1 aromatic carbocycles. The number of carbonyl (C=O) groups excluding carboxylic acids is 1.